The fourth-order valence-electron chi connectivity index (χ4n) is 5.70. The second kappa shape index (κ2) is 18.0. The normalized spacial score (nSPS) is 20.6. The van der Waals surface area contributed by atoms with Crippen LogP contribution in [0.3, 0.4) is 0 Å². The van der Waals surface area contributed by atoms with Crippen LogP contribution in [0.15, 0.2) is 9.79 Å². The molecule has 8 rings (SSSR count). The van der Waals surface area contributed by atoms with Crippen LogP contribution in [0, 0.1) is 0 Å². The largest absolute Gasteiger partial charge is 0.412 e. The molecule has 0 unspecified atom stereocenters. The van der Waals surface area contributed by atoms with E-state index in [0.29, 0.717) is 11.8 Å². The highest BCUT2D eigenvalue weighted by Gasteiger charge is 2.32. The van der Waals surface area contributed by atoms with Gasteiger partial charge in [-0.3, -0.25) is 0 Å². The van der Waals surface area contributed by atoms with E-state index in [0.717, 1.165) is 76.8 Å². The first-order valence-corrected chi connectivity index (χ1v) is 16.8. The Morgan fingerprint density at radius 2 is 0.930 bits per heavy atom. The van der Waals surface area contributed by atoms with Crippen LogP contribution < -0.4 is 20.4 Å². The molecule has 2 saturated carbocycles. The number of aryl methyl sites for hydroxylation is 2. The van der Waals surface area contributed by atoms with Crippen LogP contribution in [0.1, 0.15) is 73.4 Å². The van der Waals surface area contributed by atoms with Crippen LogP contribution in [0.2, 0.25) is 0 Å². The van der Waals surface area contributed by atoms with E-state index in [1.54, 1.807) is 0 Å². The van der Waals surface area contributed by atoms with Gasteiger partial charge in [-0.15, -0.1) is 73.2 Å². The fourth-order valence-corrected chi connectivity index (χ4v) is 7.92. The van der Waals surface area contributed by atoms with Gasteiger partial charge in [-0.1, -0.05) is 0 Å². The summed E-state index contributed by atoms with van der Waals surface area (Å²) in [4.78, 5) is 27.3. The SMILES string of the molecule is C1CSc2c(nc(C3CC3)nc2N2CCNCC2)C1.C1CSc2c(nc(C3CC3)nc2N2CCNCC2)C1.Cl.Cl.Cl.Cl.O. The highest BCUT2D eigenvalue weighted by molar-refractivity contribution is 7.99. The van der Waals surface area contributed by atoms with E-state index in [2.05, 4.69) is 20.4 Å². The Kier molecular flexibility index (Phi) is 16.2. The number of thioether (sulfide) groups is 2. The van der Waals surface area contributed by atoms with E-state index in [4.69, 9.17) is 19.9 Å². The molecule has 0 amide bonds. The van der Waals surface area contributed by atoms with Crippen molar-refractivity contribution in [3.63, 3.8) is 0 Å². The lowest BCUT2D eigenvalue weighted by Crippen LogP contribution is -2.44. The fraction of sp³-hybridized carbons (Fsp3) is 0.714. The van der Waals surface area contributed by atoms with Crippen LogP contribution >= 0.6 is 73.2 Å². The summed E-state index contributed by atoms with van der Waals surface area (Å²) >= 11 is 3.93. The molecule has 4 fully saturated rings. The van der Waals surface area contributed by atoms with Crippen molar-refractivity contribution in [1.29, 1.82) is 0 Å². The lowest BCUT2D eigenvalue weighted by Gasteiger charge is -2.31. The second-order valence-corrected chi connectivity index (χ2v) is 13.5. The van der Waals surface area contributed by atoms with Gasteiger partial charge >= 0.3 is 0 Å². The van der Waals surface area contributed by atoms with Gasteiger partial charge in [-0.25, -0.2) is 19.9 Å². The van der Waals surface area contributed by atoms with Gasteiger partial charge in [0.1, 0.15) is 23.3 Å². The molecule has 2 aliphatic carbocycles. The highest BCUT2D eigenvalue weighted by atomic mass is 35.5. The standard InChI is InChI=1S/2C14H20N4S.4ClH.H2O/c2*1-2-11-12(19-9-1)14(18-7-5-15-6-8-18)17-13(16-11)10-3-4-10;;;;;/h2*10,15H,1-9H2;4*1H;1H2. The molecule has 6 heterocycles. The van der Waals surface area contributed by atoms with Gasteiger partial charge in [0.2, 0.25) is 0 Å². The molecule has 43 heavy (non-hydrogen) atoms. The average Bonchev–Trinajstić information content (AvgIpc) is 3.91. The number of halogens is 4. The molecule has 0 atom stereocenters. The molecule has 4 N–H and O–H groups in total. The Labute approximate surface area is 289 Å². The monoisotopic (exact) mass is 714 g/mol. The van der Waals surface area contributed by atoms with E-state index in [1.165, 1.54) is 82.8 Å². The van der Waals surface area contributed by atoms with E-state index in [9.17, 15) is 0 Å². The zero-order valence-electron chi connectivity index (χ0n) is 24.5. The van der Waals surface area contributed by atoms with Crippen molar-refractivity contribution in [2.45, 2.75) is 73.0 Å². The molecule has 0 radical (unpaired) electrons. The maximum Gasteiger partial charge on any atom is 0.146 e. The number of piperazine rings is 2. The van der Waals surface area contributed by atoms with Crippen molar-refractivity contribution in [2.24, 2.45) is 0 Å². The Morgan fingerprint density at radius 3 is 1.28 bits per heavy atom. The molecule has 2 aromatic heterocycles. The summed E-state index contributed by atoms with van der Waals surface area (Å²) in [6, 6.07) is 0. The van der Waals surface area contributed by atoms with Crippen LogP contribution in [-0.4, -0.2) is 89.3 Å². The molecule has 4 aliphatic heterocycles. The van der Waals surface area contributed by atoms with E-state index < -0.39 is 0 Å². The predicted molar refractivity (Wildman–Crippen MR) is 189 cm³/mol. The molecular weight excluding hydrogens is 670 g/mol. The number of anilines is 2. The van der Waals surface area contributed by atoms with Crippen LogP contribution in [0.4, 0.5) is 11.6 Å². The van der Waals surface area contributed by atoms with Gasteiger partial charge in [0, 0.05) is 64.2 Å². The van der Waals surface area contributed by atoms with Crippen molar-refractivity contribution in [1.82, 2.24) is 30.6 Å². The molecule has 244 valence electrons. The number of nitrogens with zero attached hydrogens (tertiary/aromatic N) is 6. The molecule has 0 spiro atoms. The third-order valence-electron chi connectivity index (χ3n) is 8.20. The number of rotatable bonds is 4. The number of hydrogen-bond donors (Lipinski definition) is 2. The van der Waals surface area contributed by atoms with Crippen molar-refractivity contribution < 1.29 is 5.48 Å². The maximum absolute atomic E-state index is 4.94. The lowest BCUT2D eigenvalue weighted by atomic mass is 10.2. The first kappa shape index (κ1) is 38.7. The highest BCUT2D eigenvalue weighted by Crippen LogP contribution is 2.43. The molecule has 9 nitrogen and oxygen atoms in total. The first-order valence-electron chi connectivity index (χ1n) is 14.8. The lowest BCUT2D eigenvalue weighted by molar-refractivity contribution is 0.578. The van der Waals surface area contributed by atoms with Gasteiger partial charge in [-0.05, 0) is 62.9 Å². The summed E-state index contributed by atoms with van der Waals surface area (Å²) < 4.78 is 0. The van der Waals surface area contributed by atoms with Gasteiger partial charge < -0.3 is 25.9 Å². The predicted octanol–water partition coefficient (Wildman–Crippen LogP) is 4.47. The molecular formula is C28H46Cl4N8OS2. The minimum atomic E-state index is 0. The summed E-state index contributed by atoms with van der Waals surface area (Å²) in [7, 11) is 0. The summed E-state index contributed by atoms with van der Waals surface area (Å²) in [6.07, 6.45) is 9.95. The van der Waals surface area contributed by atoms with Crippen LogP contribution in [0.25, 0.3) is 0 Å². The summed E-state index contributed by atoms with van der Waals surface area (Å²) in [6.45, 7) is 8.60. The Balaban J connectivity index is 0.000000269. The smallest absolute Gasteiger partial charge is 0.146 e. The molecule has 2 aromatic rings. The number of aromatic nitrogens is 4. The van der Waals surface area contributed by atoms with Crippen molar-refractivity contribution in [3.8, 4) is 0 Å². The number of nitrogens with one attached hydrogen (secondary N) is 2. The third-order valence-corrected chi connectivity index (χ3v) is 10.6. The van der Waals surface area contributed by atoms with Crippen LogP contribution in [0.5, 0.6) is 0 Å². The summed E-state index contributed by atoms with van der Waals surface area (Å²) in [5, 5.41) is 6.84. The zero-order valence-corrected chi connectivity index (χ0v) is 29.4. The maximum atomic E-state index is 4.94. The second-order valence-electron chi connectivity index (χ2n) is 11.3. The van der Waals surface area contributed by atoms with Gasteiger partial charge in [-0.2, -0.15) is 0 Å². The van der Waals surface area contributed by atoms with Crippen molar-refractivity contribution >= 4 is 84.8 Å². The summed E-state index contributed by atoms with van der Waals surface area (Å²) in [5.74, 6) is 8.45. The Bertz CT molecular complexity index is 1080. The average molecular weight is 717 g/mol. The van der Waals surface area contributed by atoms with E-state index >= 15 is 0 Å². The Morgan fingerprint density at radius 1 is 0.558 bits per heavy atom. The minimum Gasteiger partial charge on any atom is -0.412 e. The van der Waals surface area contributed by atoms with E-state index in [1.807, 2.05) is 23.5 Å². The van der Waals surface area contributed by atoms with Crippen molar-refractivity contribution in [3.05, 3.63) is 23.0 Å². The zero-order chi connectivity index (χ0) is 25.3. The number of fused-ring (bicyclic) bond motifs is 2. The minimum absolute atomic E-state index is 0. The molecule has 0 bridgehead atoms. The van der Waals surface area contributed by atoms with Crippen molar-refractivity contribution in [2.75, 3.05) is 73.7 Å². The first-order chi connectivity index (χ1) is 18.8. The van der Waals surface area contributed by atoms with Gasteiger partial charge in [0.15, 0.2) is 0 Å². The molecule has 15 heteroatoms. The molecule has 0 aromatic carbocycles. The summed E-state index contributed by atoms with van der Waals surface area (Å²) in [5.41, 5.74) is 2.64. The van der Waals surface area contributed by atoms with Gasteiger partial charge in [0.25, 0.3) is 0 Å². The topological polar surface area (TPSA) is 114 Å². The van der Waals surface area contributed by atoms with E-state index in [-0.39, 0.29) is 55.1 Å². The Hall–Kier alpha value is -0.500. The van der Waals surface area contributed by atoms with Crippen LogP contribution in [-0.2, 0) is 12.8 Å². The molecule has 2 saturated heterocycles. The van der Waals surface area contributed by atoms with Gasteiger partial charge in [0.05, 0.1) is 21.2 Å². The third kappa shape index (κ3) is 9.29. The molecule has 6 aliphatic rings. The number of hydrogen-bond acceptors (Lipinski definition) is 10. The quantitative estimate of drug-likeness (QED) is 0.471.